The number of carbonyl (C=O) groups excluding carboxylic acids is 2. The van der Waals surface area contributed by atoms with Gasteiger partial charge in [-0.3, -0.25) is 14.4 Å². The van der Waals surface area contributed by atoms with E-state index in [1.807, 2.05) is 13.0 Å². The highest BCUT2D eigenvalue weighted by atomic mass is 16.5. The zero-order valence-electron chi connectivity index (χ0n) is 16.0. The summed E-state index contributed by atoms with van der Waals surface area (Å²) in [6.45, 7) is 3.76. The van der Waals surface area contributed by atoms with Crippen LogP contribution in [0.3, 0.4) is 0 Å². The minimum Gasteiger partial charge on any atom is -0.493 e. The molecule has 7 heteroatoms. The summed E-state index contributed by atoms with van der Waals surface area (Å²) in [6, 6.07) is 6.73. The van der Waals surface area contributed by atoms with Gasteiger partial charge in [-0.05, 0) is 43.7 Å². The van der Waals surface area contributed by atoms with Crippen molar-refractivity contribution in [3.05, 3.63) is 57.0 Å². The Balaban J connectivity index is 1.92. The van der Waals surface area contributed by atoms with Crippen LogP contribution in [-0.4, -0.2) is 30.9 Å². The van der Waals surface area contributed by atoms with Crippen LogP contribution in [0.5, 0.6) is 11.5 Å². The summed E-state index contributed by atoms with van der Waals surface area (Å²) < 4.78 is 10.3. The predicted octanol–water partition coefficient (Wildman–Crippen LogP) is 2.29. The number of methoxy groups -OCH3 is 2. The number of pyridine rings is 1. The van der Waals surface area contributed by atoms with Crippen LogP contribution < -0.4 is 20.3 Å². The Bertz CT molecular complexity index is 902. The van der Waals surface area contributed by atoms with Crippen molar-refractivity contribution in [1.82, 2.24) is 10.3 Å². The molecule has 0 bridgehead atoms. The van der Waals surface area contributed by atoms with Crippen molar-refractivity contribution in [3.63, 3.8) is 0 Å². The van der Waals surface area contributed by atoms with E-state index in [9.17, 15) is 14.4 Å². The molecule has 0 fully saturated rings. The molecule has 1 aromatic carbocycles. The average molecular weight is 372 g/mol. The van der Waals surface area contributed by atoms with Crippen molar-refractivity contribution in [3.8, 4) is 11.5 Å². The van der Waals surface area contributed by atoms with Gasteiger partial charge in [0, 0.05) is 36.2 Å². The van der Waals surface area contributed by atoms with Gasteiger partial charge in [-0.15, -0.1) is 0 Å². The van der Waals surface area contributed by atoms with Crippen LogP contribution in [0.2, 0.25) is 0 Å². The lowest BCUT2D eigenvalue weighted by atomic mass is 10.1. The number of amides is 1. The second-order valence-electron chi connectivity index (χ2n) is 6.21. The van der Waals surface area contributed by atoms with Crippen molar-refractivity contribution >= 4 is 11.7 Å². The summed E-state index contributed by atoms with van der Waals surface area (Å²) >= 11 is 0. The molecular formula is C20H24N2O5. The van der Waals surface area contributed by atoms with Crippen molar-refractivity contribution < 1.29 is 19.1 Å². The predicted molar refractivity (Wildman–Crippen MR) is 101 cm³/mol. The summed E-state index contributed by atoms with van der Waals surface area (Å²) in [5.41, 5.74) is 2.34. The number of nitrogens with one attached hydrogen (secondary N) is 2. The number of benzene rings is 1. The van der Waals surface area contributed by atoms with Gasteiger partial charge >= 0.3 is 0 Å². The quantitative estimate of drug-likeness (QED) is 0.693. The second-order valence-corrected chi connectivity index (χ2v) is 6.21. The lowest BCUT2D eigenvalue weighted by Gasteiger charge is -2.10. The Hall–Kier alpha value is -3.09. The van der Waals surface area contributed by atoms with E-state index in [2.05, 4.69) is 10.3 Å². The number of hydrogen-bond acceptors (Lipinski definition) is 5. The third kappa shape index (κ3) is 5.20. The number of aromatic nitrogens is 1. The molecular weight excluding hydrogens is 348 g/mol. The maximum absolute atomic E-state index is 12.3. The first-order valence-electron chi connectivity index (χ1n) is 8.57. The molecule has 2 N–H and O–H groups in total. The smallest absolute Gasteiger partial charge is 0.253 e. The van der Waals surface area contributed by atoms with Crippen molar-refractivity contribution in [2.75, 3.05) is 14.2 Å². The summed E-state index contributed by atoms with van der Waals surface area (Å²) in [7, 11) is 3.01. The third-order valence-corrected chi connectivity index (χ3v) is 4.24. The van der Waals surface area contributed by atoms with Crippen molar-refractivity contribution in [1.29, 1.82) is 0 Å². The molecule has 0 atom stereocenters. The van der Waals surface area contributed by atoms with E-state index >= 15 is 0 Å². The average Bonchev–Trinajstić information content (AvgIpc) is 2.64. The topological polar surface area (TPSA) is 97.5 Å². The first-order chi connectivity index (χ1) is 12.8. The third-order valence-electron chi connectivity index (χ3n) is 4.24. The molecule has 0 aliphatic rings. The Morgan fingerprint density at radius 1 is 1.04 bits per heavy atom. The second kappa shape index (κ2) is 9.02. The van der Waals surface area contributed by atoms with Gasteiger partial charge in [0.25, 0.3) is 5.56 Å². The highest BCUT2D eigenvalue weighted by molar-refractivity contribution is 5.98. The van der Waals surface area contributed by atoms with Gasteiger partial charge in [-0.1, -0.05) is 0 Å². The van der Waals surface area contributed by atoms with Gasteiger partial charge in [0.15, 0.2) is 17.3 Å². The van der Waals surface area contributed by atoms with E-state index in [4.69, 9.17) is 9.47 Å². The van der Waals surface area contributed by atoms with E-state index in [1.54, 1.807) is 25.1 Å². The molecule has 2 rings (SSSR count). The van der Waals surface area contributed by atoms with Gasteiger partial charge in [-0.2, -0.15) is 0 Å². The molecule has 0 saturated heterocycles. The van der Waals surface area contributed by atoms with E-state index < -0.39 is 0 Å². The molecule has 27 heavy (non-hydrogen) atoms. The molecule has 0 unspecified atom stereocenters. The normalized spacial score (nSPS) is 10.4. The molecule has 1 heterocycles. The SMILES string of the molecule is COc1ccc(C(=O)CCC(=O)NCc2c(C)cc(C)[nH]c2=O)cc1OC. The Morgan fingerprint density at radius 3 is 2.37 bits per heavy atom. The molecule has 2 aromatic rings. The number of rotatable bonds is 8. The van der Waals surface area contributed by atoms with Crippen LogP contribution in [0, 0.1) is 13.8 Å². The molecule has 0 spiro atoms. The first kappa shape index (κ1) is 20.2. The first-order valence-corrected chi connectivity index (χ1v) is 8.57. The summed E-state index contributed by atoms with van der Waals surface area (Å²) in [6.07, 6.45) is 0.0978. The van der Waals surface area contributed by atoms with Crippen LogP contribution in [0.4, 0.5) is 0 Å². The zero-order valence-corrected chi connectivity index (χ0v) is 16.0. The number of aromatic amines is 1. The van der Waals surface area contributed by atoms with Gasteiger partial charge in [0.05, 0.1) is 14.2 Å². The number of carbonyl (C=O) groups is 2. The molecule has 7 nitrogen and oxygen atoms in total. The summed E-state index contributed by atoms with van der Waals surface area (Å²) in [5, 5.41) is 2.69. The summed E-state index contributed by atoms with van der Waals surface area (Å²) in [4.78, 5) is 39.0. The van der Waals surface area contributed by atoms with Crippen LogP contribution in [0.15, 0.2) is 29.1 Å². The molecule has 144 valence electrons. The fraction of sp³-hybridized carbons (Fsp3) is 0.350. The number of aryl methyl sites for hydroxylation is 2. The molecule has 0 radical (unpaired) electrons. The standard InChI is InChI=1S/C20H24N2O5/c1-12-9-13(2)22-20(25)15(12)11-21-19(24)8-6-16(23)14-5-7-17(26-3)18(10-14)27-4/h5,7,9-10H,6,8,11H2,1-4H3,(H,21,24)(H,22,25). The van der Waals surface area contributed by atoms with Gasteiger partial charge < -0.3 is 19.8 Å². The van der Waals surface area contributed by atoms with E-state index in [0.717, 1.165) is 11.3 Å². The number of H-pyrrole nitrogens is 1. The summed E-state index contributed by atoms with van der Waals surface area (Å²) in [5.74, 6) is 0.533. The number of ether oxygens (including phenoxy) is 2. The lowest BCUT2D eigenvalue weighted by molar-refractivity contribution is -0.121. The maximum atomic E-state index is 12.3. The van der Waals surface area contributed by atoms with Crippen LogP contribution in [0.25, 0.3) is 0 Å². The Kier molecular flexibility index (Phi) is 6.76. The minimum absolute atomic E-state index is 0.0377. The molecule has 0 aliphatic carbocycles. The fourth-order valence-electron chi connectivity index (χ4n) is 2.76. The van der Waals surface area contributed by atoms with Crippen molar-refractivity contribution in [2.45, 2.75) is 33.2 Å². The van der Waals surface area contributed by atoms with Crippen LogP contribution in [0.1, 0.15) is 40.0 Å². The molecule has 0 saturated carbocycles. The lowest BCUT2D eigenvalue weighted by Crippen LogP contribution is -2.28. The monoisotopic (exact) mass is 372 g/mol. The zero-order chi connectivity index (χ0) is 20.0. The highest BCUT2D eigenvalue weighted by Crippen LogP contribution is 2.28. The molecule has 1 amide bonds. The fourth-order valence-corrected chi connectivity index (χ4v) is 2.76. The largest absolute Gasteiger partial charge is 0.493 e. The van der Waals surface area contributed by atoms with E-state index in [1.165, 1.54) is 14.2 Å². The van der Waals surface area contributed by atoms with Gasteiger partial charge in [0.2, 0.25) is 5.91 Å². The number of Topliss-reactive ketones (excluding diaryl/α,β-unsaturated/α-hetero) is 1. The van der Waals surface area contributed by atoms with E-state index in [0.29, 0.717) is 22.6 Å². The Labute approximate surface area is 157 Å². The highest BCUT2D eigenvalue weighted by Gasteiger charge is 2.13. The van der Waals surface area contributed by atoms with E-state index in [-0.39, 0.29) is 36.6 Å². The molecule has 1 aromatic heterocycles. The maximum Gasteiger partial charge on any atom is 0.253 e. The van der Waals surface area contributed by atoms with Gasteiger partial charge in [0.1, 0.15) is 0 Å². The van der Waals surface area contributed by atoms with Crippen LogP contribution >= 0.6 is 0 Å². The van der Waals surface area contributed by atoms with Crippen LogP contribution in [-0.2, 0) is 11.3 Å². The Morgan fingerprint density at radius 2 is 1.74 bits per heavy atom. The number of hydrogen-bond donors (Lipinski definition) is 2. The van der Waals surface area contributed by atoms with Gasteiger partial charge in [-0.25, -0.2) is 0 Å². The molecule has 0 aliphatic heterocycles. The number of ketones is 1. The van der Waals surface area contributed by atoms with Crippen molar-refractivity contribution in [2.24, 2.45) is 0 Å². The minimum atomic E-state index is -0.289.